The third-order valence-corrected chi connectivity index (χ3v) is 6.65. The first-order chi connectivity index (χ1) is 12.5. The summed E-state index contributed by atoms with van der Waals surface area (Å²) < 4.78 is 0. The summed E-state index contributed by atoms with van der Waals surface area (Å²) in [6, 6.07) is 11.7. The number of hydrogen-bond donors (Lipinski definition) is 0. The molecule has 2 aromatic rings. The van der Waals surface area contributed by atoms with Gasteiger partial charge in [-0.15, -0.1) is 11.3 Å². The molecule has 5 rings (SSSR count). The number of fused-ring (bicyclic) bond motifs is 3. The number of nitrogens with zero attached hydrogens (tertiary/aromatic N) is 1. The van der Waals surface area contributed by atoms with Crippen LogP contribution in [0.15, 0.2) is 52.3 Å². The van der Waals surface area contributed by atoms with E-state index < -0.39 is 0 Å². The highest BCUT2D eigenvalue weighted by atomic mass is 32.1. The first-order valence-electron chi connectivity index (χ1n) is 8.98. The molecule has 1 fully saturated rings. The van der Waals surface area contributed by atoms with Crippen LogP contribution < -0.4 is 0 Å². The monoisotopic (exact) mass is 361 g/mol. The molecule has 3 aliphatic rings. The van der Waals surface area contributed by atoms with E-state index in [9.17, 15) is 9.59 Å². The third-order valence-electron chi connectivity index (χ3n) is 5.69. The van der Waals surface area contributed by atoms with Crippen LogP contribution in [0.25, 0.3) is 5.70 Å². The van der Waals surface area contributed by atoms with Crippen molar-refractivity contribution in [3.05, 3.63) is 63.4 Å². The van der Waals surface area contributed by atoms with Gasteiger partial charge in [0.05, 0.1) is 11.6 Å². The maximum absolute atomic E-state index is 13.2. The quantitative estimate of drug-likeness (QED) is 0.725. The number of thiophene rings is 1. The van der Waals surface area contributed by atoms with Crippen LogP contribution in [0.4, 0.5) is 0 Å². The number of carbonyl (C=O) groups is 2. The highest BCUT2D eigenvalue weighted by Crippen LogP contribution is 2.52. The number of allylic oxidation sites excluding steroid dienone is 1. The van der Waals surface area contributed by atoms with E-state index in [1.807, 2.05) is 41.8 Å². The number of aliphatic imine (C=N–C) groups is 1. The van der Waals surface area contributed by atoms with Gasteiger partial charge in [-0.05, 0) is 23.3 Å². The molecule has 0 N–H and O–H groups in total. The Labute approximate surface area is 156 Å². The van der Waals surface area contributed by atoms with Crippen LogP contribution in [0, 0.1) is 11.3 Å². The highest BCUT2D eigenvalue weighted by molar-refractivity contribution is 7.10. The molecule has 0 amide bonds. The van der Waals surface area contributed by atoms with Gasteiger partial charge in [0.25, 0.3) is 0 Å². The molecule has 1 saturated carbocycles. The highest BCUT2D eigenvalue weighted by Gasteiger charge is 2.50. The number of rotatable bonds is 1. The van der Waals surface area contributed by atoms with Crippen molar-refractivity contribution >= 4 is 34.3 Å². The van der Waals surface area contributed by atoms with E-state index in [1.54, 1.807) is 11.3 Å². The van der Waals surface area contributed by atoms with Gasteiger partial charge in [0.1, 0.15) is 5.78 Å². The summed E-state index contributed by atoms with van der Waals surface area (Å²) >= 11 is 1.62. The summed E-state index contributed by atoms with van der Waals surface area (Å²) in [6.07, 6.45) is 1.35. The Morgan fingerprint density at radius 2 is 1.77 bits per heavy atom. The fourth-order valence-corrected chi connectivity index (χ4v) is 5.57. The van der Waals surface area contributed by atoms with Gasteiger partial charge in [-0.1, -0.05) is 44.2 Å². The van der Waals surface area contributed by atoms with Crippen molar-refractivity contribution in [2.75, 3.05) is 0 Å². The number of carbonyl (C=O) groups excluding carboxylic acids is 2. The second-order valence-corrected chi connectivity index (χ2v) is 9.17. The predicted octanol–water partition coefficient (Wildman–Crippen LogP) is 4.90. The van der Waals surface area contributed by atoms with Crippen LogP contribution >= 0.6 is 11.3 Å². The molecule has 4 heteroatoms. The SMILES string of the molecule is CC1(C)CC(=O)C2C(=NC3=C(C(=O)c4ccccc43)[C@H]2c2cccs2)C1. The van der Waals surface area contributed by atoms with Gasteiger partial charge in [-0.2, -0.15) is 0 Å². The minimum atomic E-state index is -0.293. The normalized spacial score (nSPS) is 26.3. The predicted molar refractivity (Wildman–Crippen MR) is 104 cm³/mol. The van der Waals surface area contributed by atoms with Crippen LogP contribution in [-0.2, 0) is 4.79 Å². The Hall–Kier alpha value is -2.33. The van der Waals surface area contributed by atoms with Crippen molar-refractivity contribution in [2.24, 2.45) is 16.3 Å². The van der Waals surface area contributed by atoms with Gasteiger partial charge < -0.3 is 0 Å². The zero-order valence-electron chi connectivity index (χ0n) is 14.8. The number of Topliss-reactive ketones (excluding diaryl/α,β-unsaturated/α-hetero) is 2. The molecule has 2 aliphatic carbocycles. The lowest BCUT2D eigenvalue weighted by Crippen LogP contribution is -2.43. The average Bonchev–Trinajstić information content (AvgIpc) is 3.21. The fraction of sp³-hybridized carbons (Fsp3) is 0.318. The Morgan fingerprint density at radius 1 is 1.00 bits per heavy atom. The summed E-state index contributed by atoms with van der Waals surface area (Å²) in [6.45, 7) is 4.25. The second kappa shape index (κ2) is 5.34. The molecule has 3 nitrogen and oxygen atoms in total. The summed E-state index contributed by atoms with van der Waals surface area (Å²) in [4.78, 5) is 32.3. The van der Waals surface area contributed by atoms with Gasteiger partial charge in [0.15, 0.2) is 5.78 Å². The van der Waals surface area contributed by atoms with E-state index >= 15 is 0 Å². The van der Waals surface area contributed by atoms with Gasteiger partial charge >= 0.3 is 0 Å². The van der Waals surface area contributed by atoms with E-state index in [0.717, 1.165) is 33.8 Å². The minimum Gasteiger partial charge on any atom is -0.299 e. The number of hydrogen-bond acceptors (Lipinski definition) is 4. The lowest BCUT2D eigenvalue weighted by Gasteiger charge is -2.40. The molecule has 0 saturated heterocycles. The van der Waals surface area contributed by atoms with Gasteiger partial charge in [-0.3, -0.25) is 14.6 Å². The molecular weight excluding hydrogens is 342 g/mol. The van der Waals surface area contributed by atoms with E-state index in [1.165, 1.54) is 0 Å². The van der Waals surface area contributed by atoms with E-state index in [4.69, 9.17) is 4.99 Å². The number of ketones is 2. The van der Waals surface area contributed by atoms with Crippen LogP contribution in [0.1, 0.15) is 53.4 Å². The molecule has 26 heavy (non-hydrogen) atoms. The molecular formula is C22H19NO2S. The van der Waals surface area contributed by atoms with Crippen LogP contribution in [0.3, 0.4) is 0 Å². The van der Waals surface area contributed by atoms with Crippen molar-refractivity contribution in [1.29, 1.82) is 0 Å². The zero-order valence-corrected chi connectivity index (χ0v) is 15.6. The van der Waals surface area contributed by atoms with Crippen LogP contribution in [-0.4, -0.2) is 17.3 Å². The zero-order chi connectivity index (χ0) is 18.1. The first-order valence-corrected chi connectivity index (χ1v) is 9.86. The molecule has 0 radical (unpaired) electrons. The second-order valence-electron chi connectivity index (χ2n) is 8.19. The lowest BCUT2D eigenvalue weighted by molar-refractivity contribution is -0.124. The Bertz CT molecular complexity index is 1010. The van der Waals surface area contributed by atoms with Crippen molar-refractivity contribution in [3.63, 3.8) is 0 Å². The van der Waals surface area contributed by atoms with Gasteiger partial charge in [0.2, 0.25) is 0 Å². The Morgan fingerprint density at radius 3 is 2.50 bits per heavy atom. The molecule has 0 bridgehead atoms. The van der Waals surface area contributed by atoms with Gasteiger partial charge in [-0.25, -0.2) is 0 Å². The minimum absolute atomic E-state index is 0.0365. The van der Waals surface area contributed by atoms with Gasteiger partial charge in [0, 0.05) is 39.6 Å². The van der Waals surface area contributed by atoms with E-state index in [-0.39, 0.29) is 28.8 Å². The van der Waals surface area contributed by atoms with Crippen molar-refractivity contribution in [2.45, 2.75) is 32.6 Å². The van der Waals surface area contributed by atoms with Crippen molar-refractivity contribution in [1.82, 2.24) is 0 Å². The molecule has 1 aromatic carbocycles. The summed E-state index contributed by atoms with van der Waals surface area (Å²) in [5.74, 6) is -0.233. The summed E-state index contributed by atoms with van der Waals surface area (Å²) in [7, 11) is 0. The van der Waals surface area contributed by atoms with Crippen LogP contribution in [0.2, 0.25) is 0 Å². The lowest BCUT2D eigenvalue weighted by atomic mass is 9.64. The summed E-state index contributed by atoms with van der Waals surface area (Å²) in [5, 5.41) is 2.02. The Balaban J connectivity index is 1.76. The fourth-order valence-electron chi connectivity index (χ4n) is 4.70. The standard InChI is InChI=1S/C22H19NO2S/c1-22(2)10-14-17(15(24)11-22)18(16-8-5-9-26-16)19-20(23-14)12-6-3-4-7-13(12)21(19)25/h3-9,17-18H,10-11H2,1-2H3/t17?,18-/m0/s1. The smallest absolute Gasteiger partial charge is 0.192 e. The molecule has 1 aliphatic heterocycles. The summed E-state index contributed by atoms with van der Waals surface area (Å²) in [5.41, 5.74) is 4.01. The van der Waals surface area contributed by atoms with Crippen LogP contribution in [0.5, 0.6) is 0 Å². The van der Waals surface area contributed by atoms with E-state index in [2.05, 4.69) is 13.8 Å². The molecule has 1 unspecified atom stereocenters. The molecule has 2 heterocycles. The molecule has 1 aromatic heterocycles. The Kier molecular flexibility index (Phi) is 3.26. The molecule has 0 spiro atoms. The maximum atomic E-state index is 13.2. The first kappa shape index (κ1) is 15.9. The van der Waals surface area contributed by atoms with Crippen molar-refractivity contribution < 1.29 is 9.59 Å². The largest absolute Gasteiger partial charge is 0.299 e. The average molecular weight is 361 g/mol. The van der Waals surface area contributed by atoms with Crippen molar-refractivity contribution in [3.8, 4) is 0 Å². The third kappa shape index (κ3) is 2.15. The molecule has 130 valence electrons. The number of benzene rings is 1. The molecule has 2 atom stereocenters. The topological polar surface area (TPSA) is 46.5 Å². The van der Waals surface area contributed by atoms with E-state index in [0.29, 0.717) is 12.0 Å². The maximum Gasteiger partial charge on any atom is 0.192 e.